The van der Waals surface area contributed by atoms with Crippen LogP contribution in [0, 0.1) is 6.92 Å². The lowest BCUT2D eigenvalue weighted by Crippen LogP contribution is -2.43. The number of carbonyl (C=O) groups excluding carboxylic acids is 1. The molecule has 0 aliphatic carbocycles. The van der Waals surface area contributed by atoms with Crippen LogP contribution in [0.1, 0.15) is 16.7 Å². The van der Waals surface area contributed by atoms with Crippen molar-refractivity contribution in [1.82, 2.24) is 5.32 Å². The molecular weight excluding hydrogens is 446 g/mol. The first kappa shape index (κ1) is 24.2. The van der Waals surface area contributed by atoms with Gasteiger partial charge in [0.2, 0.25) is 11.7 Å². The molecule has 0 bridgehead atoms. The highest BCUT2D eigenvalue weighted by molar-refractivity contribution is 7.98. The Morgan fingerprint density at radius 3 is 2.48 bits per heavy atom. The van der Waals surface area contributed by atoms with E-state index in [0.29, 0.717) is 22.5 Å². The van der Waals surface area contributed by atoms with Crippen LogP contribution in [0.2, 0.25) is 0 Å². The molecule has 0 radical (unpaired) electrons. The molecule has 2 N–H and O–H groups in total. The SMILES string of the molecule is COc1ccc2c(C)c(CC(=O)NC(CSCc3ccccc3)C(=O)O)c(=O)oc2c1OC. The van der Waals surface area contributed by atoms with Crippen molar-refractivity contribution in [2.45, 2.75) is 25.1 Å². The Labute approximate surface area is 194 Å². The zero-order valence-corrected chi connectivity index (χ0v) is 19.4. The summed E-state index contributed by atoms with van der Waals surface area (Å²) in [5.74, 6) is -0.193. The minimum Gasteiger partial charge on any atom is -0.493 e. The summed E-state index contributed by atoms with van der Waals surface area (Å²) >= 11 is 1.41. The van der Waals surface area contributed by atoms with Crippen LogP contribution in [0.5, 0.6) is 11.5 Å². The van der Waals surface area contributed by atoms with Crippen molar-refractivity contribution in [2.24, 2.45) is 0 Å². The number of hydrogen-bond donors (Lipinski definition) is 2. The van der Waals surface area contributed by atoms with Crippen molar-refractivity contribution in [2.75, 3.05) is 20.0 Å². The third kappa shape index (κ3) is 5.67. The molecule has 0 saturated carbocycles. The summed E-state index contributed by atoms with van der Waals surface area (Å²) in [6.07, 6.45) is -0.300. The fourth-order valence-electron chi connectivity index (χ4n) is 3.42. The molecule has 3 aromatic rings. The van der Waals surface area contributed by atoms with Gasteiger partial charge in [0.1, 0.15) is 6.04 Å². The van der Waals surface area contributed by atoms with Gasteiger partial charge in [0.05, 0.1) is 26.2 Å². The summed E-state index contributed by atoms with van der Waals surface area (Å²) in [4.78, 5) is 36.9. The van der Waals surface area contributed by atoms with Crippen molar-refractivity contribution >= 4 is 34.6 Å². The Hall–Kier alpha value is -3.46. The van der Waals surface area contributed by atoms with Crippen LogP contribution < -0.4 is 20.4 Å². The van der Waals surface area contributed by atoms with Crippen LogP contribution in [-0.4, -0.2) is 43.0 Å². The second-order valence-corrected chi connectivity index (χ2v) is 8.34. The van der Waals surface area contributed by atoms with Gasteiger partial charge in [-0.15, -0.1) is 0 Å². The number of fused-ring (bicyclic) bond motifs is 1. The fourth-order valence-corrected chi connectivity index (χ4v) is 4.43. The molecule has 0 fully saturated rings. The first-order chi connectivity index (χ1) is 15.8. The molecule has 1 amide bonds. The van der Waals surface area contributed by atoms with Crippen LogP contribution in [0.3, 0.4) is 0 Å². The van der Waals surface area contributed by atoms with E-state index in [9.17, 15) is 19.5 Å². The predicted octanol–water partition coefficient (Wildman–Crippen LogP) is 3.16. The highest BCUT2D eigenvalue weighted by Gasteiger charge is 2.23. The zero-order valence-electron chi connectivity index (χ0n) is 18.5. The minimum absolute atomic E-state index is 0.160. The van der Waals surface area contributed by atoms with Gasteiger partial charge in [-0.2, -0.15) is 11.8 Å². The number of methoxy groups -OCH3 is 2. The van der Waals surface area contributed by atoms with E-state index in [1.54, 1.807) is 19.1 Å². The number of amides is 1. The number of aliphatic carboxylic acids is 1. The first-order valence-electron chi connectivity index (χ1n) is 10.2. The molecule has 0 spiro atoms. The van der Waals surface area contributed by atoms with Crippen LogP contribution in [0.15, 0.2) is 51.7 Å². The van der Waals surface area contributed by atoms with Gasteiger partial charge in [-0.25, -0.2) is 9.59 Å². The molecule has 9 heteroatoms. The number of thioether (sulfide) groups is 1. The minimum atomic E-state index is -1.14. The molecule has 2 aromatic carbocycles. The Morgan fingerprint density at radius 1 is 1.12 bits per heavy atom. The summed E-state index contributed by atoms with van der Waals surface area (Å²) in [6, 6.07) is 12.0. The van der Waals surface area contributed by atoms with Gasteiger partial charge in [0.25, 0.3) is 0 Å². The summed E-state index contributed by atoms with van der Waals surface area (Å²) in [7, 11) is 2.92. The van der Waals surface area contributed by atoms with Gasteiger partial charge in [-0.1, -0.05) is 30.3 Å². The lowest BCUT2D eigenvalue weighted by molar-refractivity contribution is -0.141. The highest BCUT2D eigenvalue weighted by Crippen LogP contribution is 2.36. The number of carboxylic acids is 1. The summed E-state index contributed by atoms with van der Waals surface area (Å²) in [6.45, 7) is 1.71. The Kier molecular flexibility index (Phi) is 8.00. The van der Waals surface area contributed by atoms with Gasteiger partial charge in [-0.05, 0) is 30.2 Å². The topological polar surface area (TPSA) is 115 Å². The summed E-state index contributed by atoms with van der Waals surface area (Å²) in [5.41, 5.74) is 1.32. The number of carboxylic acid groups (broad SMARTS) is 1. The Balaban J connectivity index is 1.74. The van der Waals surface area contributed by atoms with Gasteiger partial charge < -0.3 is 24.3 Å². The molecule has 1 aromatic heterocycles. The molecule has 3 rings (SSSR count). The molecule has 1 atom stereocenters. The Bertz CT molecular complexity index is 1210. The smallest absolute Gasteiger partial charge is 0.340 e. The number of hydrogen-bond acceptors (Lipinski definition) is 7. The number of benzene rings is 2. The largest absolute Gasteiger partial charge is 0.493 e. The van der Waals surface area contributed by atoms with Crippen molar-refractivity contribution in [3.05, 3.63) is 69.6 Å². The second kappa shape index (κ2) is 10.9. The average molecular weight is 472 g/mol. The summed E-state index contributed by atoms with van der Waals surface area (Å²) < 4.78 is 16.0. The molecule has 1 unspecified atom stereocenters. The quantitative estimate of drug-likeness (QED) is 0.433. The van der Waals surface area contributed by atoms with E-state index >= 15 is 0 Å². The summed E-state index contributed by atoms with van der Waals surface area (Å²) in [5, 5.41) is 12.6. The van der Waals surface area contributed by atoms with E-state index < -0.39 is 23.5 Å². The van der Waals surface area contributed by atoms with Gasteiger partial charge in [0.15, 0.2) is 11.3 Å². The van der Waals surface area contributed by atoms with E-state index in [1.807, 2.05) is 30.3 Å². The zero-order chi connectivity index (χ0) is 24.0. The van der Waals surface area contributed by atoms with E-state index in [0.717, 1.165) is 5.56 Å². The molecule has 0 saturated heterocycles. The van der Waals surface area contributed by atoms with Crippen molar-refractivity contribution < 1.29 is 28.6 Å². The van der Waals surface area contributed by atoms with Crippen LogP contribution in [0.25, 0.3) is 11.0 Å². The normalized spacial score (nSPS) is 11.7. The van der Waals surface area contributed by atoms with E-state index in [-0.39, 0.29) is 29.1 Å². The van der Waals surface area contributed by atoms with Crippen molar-refractivity contribution in [1.29, 1.82) is 0 Å². The number of carbonyl (C=O) groups is 2. The maximum absolute atomic E-state index is 12.6. The number of rotatable bonds is 10. The van der Waals surface area contributed by atoms with Gasteiger partial charge >= 0.3 is 11.6 Å². The van der Waals surface area contributed by atoms with Crippen LogP contribution >= 0.6 is 11.8 Å². The maximum Gasteiger partial charge on any atom is 0.340 e. The third-order valence-electron chi connectivity index (χ3n) is 5.16. The lowest BCUT2D eigenvalue weighted by Gasteiger charge is -2.15. The monoisotopic (exact) mass is 471 g/mol. The van der Waals surface area contributed by atoms with Crippen LogP contribution in [0.4, 0.5) is 0 Å². The highest BCUT2D eigenvalue weighted by atomic mass is 32.2. The first-order valence-corrected chi connectivity index (χ1v) is 11.3. The third-order valence-corrected chi connectivity index (χ3v) is 6.27. The van der Waals surface area contributed by atoms with E-state index in [2.05, 4.69) is 5.32 Å². The van der Waals surface area contributed by atoms with Crippen molar-refractivity contribution in [3.63, 3.8) is 0 Å². The lowest BCUT2D eigenvalue weighted by atomic mass is 10.0. The molecule has 1 heterocycles. The molecule has 8 nitrogen and oxygen atoms in total. The second-order valence-electron chi connectivity index (χ2n) is 7.31. The van der Waals surface area contributed by atoms with E-state index in [4.69, 9.17) is 13.9 Å². The van der Waals surface area contributed by atoms with Crippen LogP contribution in [-0.2, 0) is 21.8 Å². The molecule has 33 heavy (non-hydrogen) atoms. The predicted molar refractivity (Wildman–Crippen MR) is 126 cm³/mol. The molecular formula is C24H25NO7S. The fraction of sp³-hybridized carbons (Fsp3) is 0.292. The number of aryl methyl sites for hydroxylation is 1. The molecule has 174 valence electrons. The average Bonchev–Trinajstić information content (AvgIpc) is 2.80. The maximum atomic E-state index is 12.6. The van der Waals surface area contributed by atoms with Gasteiger partial charge in [-0.3, -0.25) is 4.79 Å². The number of nitrogens with one attached hydrogen (secondary N) is 1. The van der Waals surface area contributed by atoms with Gasteiger partial charge in [0, 0.05) is 16.9 Å². The molecule has 0 aliphatic heterocycles. The Morgan fingerprint density at radius 2 is 1.85 bits per heavy atom. The standard InChI is InChI=1S/C24H25NO7S/c1-14-16-9-10-19(30-2)22(31-3)21(16)32-24(29)17(14)11-20(26)25-18(23(27)28)13-33-12-15-7-5-4-6-8-15/h4-10,18H,11-13H2,1-3H3,(H,25,26)(H,27,28). The molecule has 0 aliphatic rings. The van der Waals surface area contributed by atoms with E-state index in [1.165, 1.54) is 26.0 Å². The number of ether oxygens (including phenoxy) is 2. The van der Waals surface area contributed by atoms with Crippen molar-refractivity contribution in [3.8, 4) is 11.5 Å².